The Morgan fingerprint density at radius 2 is 2.41 bits per heavy atom. The van der Waals surface area contributed by atoms with Gasteiger partial charge in [-0.1, -0.05) is 19.3 Å². The highest BCUT2D eigenvalue weighted by molar-refractivity contribution is 5.57. The fraction of sp³-hybridized carbons (Fsp3) is 0.364. The third kappa shape index (κ3) is 3.34. The summed E-state index contributed by atoms with van der Waals surface area (Å²) >= 11 is 0. The van der Waals surface area contributed by atoms with Crippen LogP contribution in [0.2, 0.25) is 0 Å². The molecule has 0 spiro atoms. The van der Waals surface area contributed by atoms with Crippen LogP contribution in [0.15, 0.2) is 12.1 Å². The third-order valence-electron chi connectivity index (χ3n) is 2.20. The molecule has 0 radical (unpaired) electrons. The molecule has 0 bridgehead atoms. The van der Waals surface area contributed by atoms with Crippen LogP contribution in [0.5, 0.6) is 0 Å². The minimum atomic E-state index is -0.573. The van der Waals surface area contributed by atoms with E-state index in [-0.39, 0.29) is 17.5 Å². The first kappa shape index (κ1) is 12.8. The van der Waals surface area contributed by atoms with Crippen molar-refractivity contribution in [2.75, 3.05) is 11.1 Å². The predicted molar refractivity (Wildman–Crippen MR) is 66.5 cm³/mol. The molecule has 1 atom stereocenters. The molecule has 1 rings (SSSR count). The van der Waals surface area contributed by atoms with Gasteiger partial charge in [0, 0.05) is 6.07 Å². The molecule has 0 aliphatic carbocycles. The highest BCUT2D eigenvalue weighted by atomic mass is 16.6. The van der Waals surface area contributed by atoms with E-state index >= 15 is 0 Å². The van der Waals surface area contributed by atoms with Gasteiger partial charge in [-0.15, -0.1) is 6.42 Å². The molecule has 0 saturated carbocycles. The minimum Gasteiger partial charge on any atom is -0.378 e. The number of rotatable bonds is 5. The van der Waals surface area contributed by atoms with Crippen LogP contribution in [0.1, 0.15) is 19.8 Å². The van der Waals surface area contributed by atoms with Crippen LogP contribution in [0, 0.1) is 22.5 Å². The molecule has 0 aromatic carbocycles. The number of nitrogens with two attached hydrogens (primary N) is 1. The third-order valence-corrected chi connectivity index (χ3v) is 2.20. The first-order chi connectivity index (χ1) is 8.08. The molecule has 6 heteroatoms. The largest absolute Gasteiger partial charge is 0.378 e. The van der Waals surface area contributed by atoms with E-state index in [9.17, 15) is 10.1 Å². The van der Waals surface area contributed by atoms with Gasteiger partial charge in [0.05, 0.1) is 11.0 Å². The van der Waals surface area contributed by atoms with Crippen LogP contribution in [0.4, 0.5) is 17.3 Å². The van der Waals surface area contributed by atoms with Crippen LogP contribution in [-0.4, -0.2) is 15.9 Å². The second kappa shape index (κ2) is 5.70. The van der Waals surface area contributed by atoms with E-state index in [0.29, 0.717) is 5.82 Å². The number of anilines is 2. The maximum atomic E-state index is 10.5. The lowest BCUT2D eigenvalue weighted by Gasteiger charge is -2.12. The Morgan fingerprint density at radius 3 is 2.88 bits per heavy atom. The lowest BCUT2D eigenvalue weighted by atomic mass is 10.2. The minimum absolute atomic E-state index is 0.118. The second-order valence-corrected chi connectivity index (χ2v) is 3.51. The summed E-state index contributed by atoms with van der Waals surface area (Å²) in [5, 5.41) is 13.5. The van der Waals surface area contributed by atoms with Gasteiger partial charge in [-0.25, -0.2) is 4.98 Å². The Kier molecular flexibility index (Phi) is 4.29. The van der Waals surface area contributed by atoms with Gasteiger partial charge < -0.3 is 11.1 Å². The predicted octanol–water partition coefficient (Wildman–Crippen LogP) is 1.79. The van der Waals surface area contributed by atoms with Crippen LogP contribution in [-0.2, 0) is 0 Å². The fourth-order valence-corrected chi connectivity index (χ4v) is 1.37. The number of aromatic nitrogens is 1. The van der Waals surface area contributed by atoms with Gasteiger partial charge in [-0.05, 0) is 12.5 Å². The summed E-state index contributed by atoms with van der Waals surface area (Å²) in [5.74, 6) is 2.91. The maximum absolute atomic E-state index is 10.5. The van der Waals surface area contributed by atoms with Gasteiger partial charge in [-0.2, -0.15) is 0 Å². The normalized spacial score (nSPS) is 11.5. The van der Waals surface area contributed by atoms with Gasteiger partial charge in [0.1, 0.15) is 5.82 Å². The molecule has 90 valence electrons. The number of terminal acetylenes is 1. The van der Waals surface area contributed by atoms with Crippen molar-refractivity contribution < 1.29 is 4.92 Å². The van der Waals surface area contributed by atoms with Gasteiger partial charge in [0.2, 0.25) is 5.82 Å². The lowest BCUT2D eigenvalue weighted by Crippen LogP contribution is -2.18. The van der Waals surface area contributed by atoms with Crippen molar-refractivity contribution in [2.45, 2.75) is 25.8 Å². The molecule has 0 fully saturated rings. The van der Waals surface area contributed by atoms with Gasteiger partial charge in [-0.3, -0.25) is 10.1 Å². The molecule has 6 nitrogen and oxygen atoms in total. The van der Waals surface area contributed by atoms with E-state index in [1.807, 2.05) is 6.92 Å². The SMILES string of the molecule is C#CC(CCC)Nc1ccc([N+](=O)[O-])c(N)n1. The van der Waals surface area contributed by atoms with Crippen molar-refractivity contribution >= 4 is 17.3 Å². The van der Waals surface area contributed by atoms with Crippen molar-refractivity contribution in [2.24, 2.45) is 0 Å². The number of pyridine rings is 1. The van der Waals surface area contributed by atoms with E-state index in [1.165, 1.54) is 12.1 Å². The summed E-state index contributed by atoms with van der Waals surface area (Å²) in [6.45, 7) is 2.02. The molecule has 0 saturated heterocycles. The number of hydrogen-bond acceptors (Lipinski definition) is 5. The van der Waals surface area contributed by atoms with E-state index < -0.39 is 4.92 Å². The molecule has 17 heavy (non-hydrogen) atoms. The molecule has 0 aliphatic heterocycles. The van der Waals surface area contributed by atoms with Crippen molar-refractivity contribution in [3.05, 3.63) is 22.2 Å². The van der Waals surface area contributed by atoms with Crippen LogP contribution < -0.4 is 11.1 Å². The van der Waals surface area contributed by atoms with E-state index in [1.54, 1.807) is 0 Å². The van der Waals surface area contributed by atoms with E-state index in [4.69, 9.17) is 12.2 Å². The standard InChI is InChI=1S/C11H14N4O2/c1-3-5-8(4-2)13-10-7-6-9(15(16)17)11(12)14-10/h2,6-8H,3,5H2,1H3,(H3,12,13,14). The van der Waals surface area contributed by atoms with Crippen molar-refractivity contribution in [3.63, 3.8) is 0 Å². The average Bonchev–Trinajstić information content (AvgIpc) is 2.28. The monoisotopic (exact) mass is 234 g/mol. The van der Waals surface area contributed by atoms with Crippen LogP contribution in [0.3, 0.4) is 0 Å². The highest BCUT2D eigenvalue weighted by Crippen LogP contribution is 2.21. The molecule has 0 aliphatic rings. The summed E-state index contributed by atoms with van der Waals surface area (Å²) in [7, 11) is 0. The smallest absolute Gasteiger partial charge is 0.311 e. The molecule has 1 aromatic rings. The Morgan fingerprint density at radius 1 is 1.71 bits per heavy atom. The zero-order valence-electron chi connectivity index (χ0n) is 9.51. The topological polar surface area (TPSA) is 94.1 Å². The van der Waals surface area contributed by atoms with Crippen LogP contribution in [0.25, 0.3) is 0 Å². The zero-order valence-corrected chi connectivity index (χ0v) is 9.51. The number of nitrogens with zero attached hydrogens (tertiary/aromatic N) is 2. The lowest BCUT2D eigenvalue weighted by molar-refractivity contribution is -0.384. The number of hydrogen-bond donors (Lipinski definition) is 2. The number of nitrogens with one attached hydrogen (secondary N) is 1. The molecule has 0 amide bonds. The van der Waals surface area contributed by atoms with Gasteiger partial charge in [0.25, 0.3) is 0 Å². The molecule has 3 N–H and O–H groups in total. The van der Waals surface area contributed by atoms with E-state index in [2.05, 4.69) is 16.2 Å². The first-order valence-electron chi connectivity index (χ1n) is 5.22. The summed E-state index contributed by atoms with van der Waals surface area (Å²) in [6, 6.07) is 2.66. The Bertz CT molecular complexity index is 453. The zero-order chi connectivity index (χ0) is 12.8. The molecule has 1 aromatic heterocycles. The maximum Gasteiger partial charge on any atom is 0.311 e. The molecular formula is C11H14N4O2. The van der Waals surface area contributed by atoms with E-state index in [0.717, 1.165) is 12.8 Å². The number of nitro groups is 1. The Balaban J connectivity index is 2.84. The van der Waals surface area contributed by atoms with Crippen LogP contribution >= 0.6 is 0 Å². The van der Waals surface area contributed by atoms with Crippen molar-refractivity contribution in [3.8, 4) is 12.3 Å². The highest BCUT2D eigenvalue weighted by Gasteiger charge is 2.13. The number of nitrogen functional groups attached to an aromatic ring is 1. The average molecular weight is 234 g/mol. The quantitative estimate of drug-likeness (QED) is 0.460. The van der Waals surface area contributed by atoms with Gasteiger partial charge in [0.15, 0.2) is 0 Å². The van der Waals surface area contributed by atoms with Gasteiger partial charge >= 0.3 is 5.69 Å². The molecule has 1 unspecified atom stereocenters. The Labute approximate surface area is 99.4 Å². The summed E-state index contributed by atoms with van der Waals surface area (Å²) < 4.78 is 0. The Hall–Kier alpha value is -2.29. The first-order valence-corrected chi connectivity index (χ1v) is 5.22. The second-order valence-electron chi connectivity index (χ2n) is 3.51. The summed E-state index contributed by atoms with van der Waals surface area (Å²) in [4.78, 5) is 13.9. The van der Waals surface area contributed by atoms with Crippen molar-refractivity contribution in [1.82, 2.24) is 4.98 Å². The summed E-state index contributed by atoms with van der Waals surface area (Å²) in [5.41, 5.74) is 5.26. The summed E-state index contributed by atoms with van der Waals surface area (Å²) in [6.07, 6.45) is 7.08. The van der Waals surface area contributed by atoms with Crippen molar-refractivity contribution in [1.29, 1.82) is 0 Å². The molecule has 1 heterocycles. The fourth-order valence-electron chi connectivity index (χ4n) is 1.37. The molecular weight excluding hydrogens is 220 g/mol.